The summed E-state index contributed by atoms with van der Waals surface area (Å²) >= 11 is 0. The second-order valence-electron chi connectivity index (χ2n) is 13.5. The van der Waals surface area contributed by atoms with E-state index < -0.39 is 23.9 Å². The molecule has 1 aliphatic rings. The van der Waals surface area contributed by atoms with Crippen LogP contribution in [0.3, 0.4) is 0 Å². The highest BCUT2D eigenvalue weighted by atomic mass is 16.6. The molecular weight excluding hydrogens is 757 g/mol. The molecule has 0 aliphatic heterocycles. The summed E-state index contributed by atoms with van der Waals surface area (Å²) < 4.78 is 22.8. The lowest BCUT2D eigenvalue weighted by molar-refractivity contribution is -0.129. The average Bonchev–Trinajstić information content (AvgIpc) is 3.29. The van der Waals surface area contributed by atoms with Gasteiger partial charge in [0.25, 0.3) is 0 Å². The van der Waals surface area contributed by atoms with Crippen LogP contribution >= 0.6 is 0 Å². The summed E-state index contributed by atoms with van der Waals surface area (Å²) in [5, 5.41) is 1.68. The number of ether oxygens (including phenoxy) is 4. The van der Waals surface area contributed by atoms with Crippen molar-refractivity contribution in [2.75, 3.05) is 0 Å². The number of nitrogens with zero attached hydrogens (tertiary/aromatic N) is 2. The molecular formula is C50H34N2O8. The highest BCUT2D eigenvalue weighted by Gasteiger charge is 2.24. The smallest absolute Gasteiger partial charge is 0.344 e. The van der Waals surface area contributed by atoms with Gasteiger partial charge >= 0.3 is 23.9 Å². The zero-order valence-electron chi connectivity index (χ0n) is 31.9. The number of benzene rings is 5. The normalized spacial score (nSPS) is 11.9. The van der Waals surface area contributed by atoms with Crippen molar-refractivity contribution in [3.05, 3.63) is 197 Å². The number of allylic oxidation sites excluding steroid dienone is 1. The minimum atomic E-state index is -0.651. The van der Waals surface area contributed by atoms with E-state index >= 15 is 0 Å². The SMILES string of the molecule is O=C(/C=C/c1ccc(OC(=O)c2ccccc2)nc1)Oc1ccc2c(c1-c1c(OC(=O)/C=C/c3ccc(OC(=O)c4ccccc4)nc3)ccc3ccccc13)C=CCC2. The summed E-state index contributed by atoms with van der Waals surface area (Å²) in [6, 6.07) is 38.6. The number of carbonyl (C=O) groups is 4. The van der Waals surface area contributed by atoms with Crippen LogP contribution in [0.25, 0.3) is 40.1 Å². The van der Waals surface area contributed by atoms with Crippen molar-refractivity contribution in [2.45, 2.75) is 12.8 Å². The molecule has 0 unspecified atom stereocenters. The molecule has 0 atom stereocenters. The van der Waals surface area contributed by atoms with Crippen molar-refractivity contribution in [3.63, 3.8) is 0 Å². The summed E-state index contributed by atoms with van der Waals surface area (Å²) in [6.45, 7) is 0. The summed E-state index contributed by atoms with van der Waals surface area (Å²) in [7, 11) is 0. The van der Waals surface area contributed by atoms with Crippen LogP contribution in [0, 0.1) is 0 Å². The van der Waals surface area contributed by atoms with Gasteiger partial charge < -0.3 is 18.9 Å². The Kier molecular flexibility index (Phi) is 11.5. The largest absolute Gasteiger partial charge is 0.423 e. The first-order chi connectivity index (χ1) is 29.4. The number of hydrogen-bond donors (Lipinski definition) is 0. The van der Waals surface area contributed by atoms with Gasteiger partial charge in [0, 0.05) is 47.8 Å². The van der Waals surface area contributed by atoms with Gasteiger partial charge in [0.05, 0.1) is 11.1 Å². The zero-order chi connectivity index (χ0) is 41.3. The fourth-order valence-electron chi connectivity index (χ4n) is 6.60. The third-order valence-corrected chi connectivity index (χ3v) is 9.48. The highest BCUT2D eigenvalue weighted by molar-refractivity contribution is 6.05. The van der Waals surface area contributed by atoms with Crippen molar-refractivity contribution >= 4 is 52.9 Å². The predicted molar refractivity (Wildman–Crippen MR) is 227 cm³/mol. The average molecular weight is 791 g/mol. The van der Waals surface area contributed by atoms with E-state index in [1.165, 1.54) is 36.7 Å². The molecule has 7 aromatic rings. The molecule has 0 bridgehead atoms. The van der Waals surface area contributed by atoms with Gasteiger partial charge in [-0.3, -0.25) is 0 Å². The number of aromatic nitrogens is 2. The van der Waals surface area contributed by atoms with E-state index in [4.69, 9.17) is 18.9 Å². The van der Waals surface area contributed by atoms with E-state index in [1.54, 1.807) is 97.1 Å². The fraction of sp³-hybridized carbons (Fsp3) is 0.0400. The quantitative estimate of drug-likeness (QED) is 0.0709. The lowest BCUT2D eigenvalue weighted by Gasteiger charge is -2.21. The van der Waals surface area contributed by atoms with Crippen molar-refractivity contribution in [3.8, 4) is 34.4 Å². The van der Waals surface area contributed by atoms with Gasteiger partial charge in [-0.25, -0.2) is 29.1 Å². The predicted octanol–water partition coefficient (Wildman–Crippen LogP) is 9.93. The van der Waals surface area contributed by atoms with Crippen molar-refractivity contribution in [2.24, 2.45) is 0 Å². The van der Waals surface area contributed by atoms with Gasteiger partial charge in [-0.1, -0.05) is 84.9 Å². The Bertz CT molecular complexity index is 2810. The Hall–Kier alpha value is -8.24. The maximum atomic E-state index is 13.5. The summed E-state index contributed by atoms with van der Waals surface area (Å²) in [5.74, 6) is -1.58. The van der Waals surface area contributed by atoms with Gasteiger partial charge in [-0.2, -0.15) is 0 Å². The number of fused-ring (bicyclic) bond motifs is 2. The Labute approximate surface area is 344 Å². The molecule has 1 aliphatic carbocycles. The Morgan fingerprint density at radius 1 is 0.517 bits per heavy atom. The molecule has 0 saturated carbocycles. The molecule has 60 heavy (non-hydrogen) atoms. The molecule has 0 spiro atoms. The van der Waals surface area contributed by atoms with Gasteiger partial charge in [-0.15, -0.1) is 0 Å². The Morgan fingerprint density at radius 3 is 1.62 bits per heavy atom. The maximum Gasteiger partial charge on any atom is 0.344 e. The summed E-state index contributed by atoms with van der Waals surface area (Å²) in [6.07, 6.45) is 14.3. The monoisotopic (exact) mass is 790 g/mol. The molecule has 0 radical (unpaired) electrons. The first-order valence-corrected chi connectivity index (χ1v) is 19.0. The number of pyridine rings is 2. The van der Waals surface area contributed by atoms with Crippen molar-refractivity contribution in [1.29, 1.82) is 0 Å². The minimum Gasteiger partial charge on any atom is -0.423 e. The molecule has 2 aromatic heterocycles. The highest BCUT2D eigenvalue weighted by Crippen LogP contribution is 2.46. The van der Waals surface area contributed by atoms with Gasteiger partial charge in [0.15, 0.2) is 0 Å². The number of carbonyl (C=O) groups excluding carboxylic acids is 4. The van der Waals surface area contributed by atoms with Gasteiger partial charge in [-0.05, 0) is 107 Å². The van der Waals surface area contributed by atoms with E-state index in [0.29, 0.717) is 33.4 Å². The second kappa shape index (κ2) is 17.9. The standard InChI is InChI=1S/C50H34N2O8/c53-45(29-21-33-19-27-43(51-31-33)59-49(55)37-13-3-1-4-14-37)57-41-25-23-35-11-7-9-17-39(35)47(41)48-40-18-10-8-12-36(40)24-26-42(48)58-46(54)30-22-34-20-28-44(52-32-34)60-50(56)38-15-5-2-6-16-38/h1-7,9-11,13-32H,8,12H2/b29-21+,30-22+. The van der Waals surface area contributed by atoms with Gasteiger partial charge in [0.2, 0.25) is 11.8 Å². The molecule has 2 heterocycles. The van der Waals surface area contributed by atoms with E-state index in [0.717, 1.165) is 34.7 Å². The first-order valence-electron chi connectivity index (χ1n) is 19.0. The van der Waals surface area contributed by atoms with Crippen LogP contribution in [-0.2, 0) is 16.0 Å². The lowest BCUT2D eigenvalue weighted by Crippen LogP contribution is -2.09. The second-order valence-corrected chi connectivity index (χ2v) is 13.5. The number of hydrogen-bond acceptors (Lipinski definition) is 10. The molecule has 8 rings (SSSR count). The van der Waals surface area contributed by atoms with Crippen LogP contribution in [-0.4, -0.2) is 33.8 Å². The van der Waals surface area contributed by atoms with Crippen LogP contribution in [0.15, 0.2) is 164 Å². The number of esters is 4. The van der Waals surface area contributed by atoms with Crippen LogP contribution in [0.2, 0.25) is 0 Å². The molecule has 5 aromatic carbocycles. The number of rotatable bonds is 11. The maximum absolute atomic E-state index is 13.5. The first kappa shape index (κ1) is 38.6. The summed E-state index contributed by atoms with van der Waals surface area (Å²) in [4.78, 5) is 60.1. The molecule has 0 saturated heterocycles. The van der Waals surface area contributed by atoms with Crippen LogP contribution in [0.1, 0.15) is 49.4 Å². The van der Waals surface area contributed by atoms with E-state index in [-0.39, 0.29) is 23.3 Å². The van der Waals surface area contributed by atoms with Crippen molar-refractivity contribution in [1.82, 2.24) is 9.97 Å². The fourth-order valence-corrected chi connectivity index (χ4v) is 6.60. The van der Waals surface area contributed by atoms with Crippen LogP contribution in [0.4, 0.5) is 0 Å². The van der Waals surface area contributed by atoms with E-state index in [2.05, 4.69) is 16.0 Å². The third-order valence-electron chi connectivity index (χ3n) is 9.48. The van der Waals surface area contributed by atoms with Crippen molar-refractivity contribution < 1.29 is 38.1 Å². The van der Waals surface area contributed by atoms with Crippen LogP contribution in [0.5, 0.6) is 23.3 Å². The molecule has 0 N–H and O–H groups in total. The van der Waals surface area contributed by atoms with Crippen LogP contribution < -0.4 is 18.9 Å². The lowest BCUT2D eigenvalue weighted by atomic mass is 9.87. The third kappa shape index (κ3) is 9.14. The Morgan fingerprint density at radius 2 is 1.05 bits per heavy atom. The van der Waals surface area contributed by atoms with Gasteiger partial charge in [0.1, 0.15) is 11.5 Å². The molecule has 0 fully saturated rings. The summed E-state index contributed by atoms with van der Waals surface area (Å²) in [5.41, 5.74) is 5.04. The molecule has 0 amide bonds. The zero-order valence-corrected chi connectivity index (χ0v) is 31.9. The molecule has 10 heteroatoms. The minimum absolute atomic E-state index is 0.117. The van der Waals surface area contributed by atoms with E-state index in [1.807, 2.05) is 42.5 Å². The number of aryl methyl sites for hydroxylation is 1. The Balaban J connectivity index is 1.03. The van der Waals surface area contributed by atoms with E-state index in [9.17, 15) is 19.2 Å². The molecule has 292 valence electrons. The topological polar surface area (TPSA) is 131 Å². The molecule has 10 nitrogen and oxygen atoms in total.